The van der Waals surface area contributed by atoms with Crippen LogP contribution in [-0.2, 0) is 16.3 Å². The van der Waals surface area contributed by atoms with E-state index in [0.717, 1.165) is 12.0 Å². The van der Waals surface area contributed by atoms with Crippen LogP contribution in [-0.4, -0.2) is 72.4 Å². The average Bonchev–Trinajstić information content (AvgIpc) is 3.05. The quantitative estimate of drug-likeness (QED) is 0.721. The minimum atomic E-state index is -3.00. The van der Waals surface area contributed by atoms with Gasteiger partial charge in [-0.2, -0.15) is 0 Å². The molecule has 0 radical (unpaired) electrons. The Morgan fingerprint density at radius 3 is 2.59 bits per heavy atom. The van der Waals surface area contributed by atoms with Crippen molar-refractivity contribution < 1.29 is 13.2 Å². The molecule has 3 rings (SSSR count). The fourth-order valence-electron chi connectivity index (χ4n) is 3.02. The lowest BCUT2D eigenvalue weighted by molar-refractivity contribution is 0.0790. The minimum Gasteiger partial charge on any atom is -0.340 e. The van der Waals surface area contributed by atoms with Crippen molar-refractivity contribution >= 4 is 21.7 Å². The molecule has 1 unspecified atom stereocenters. The molecular formula is C18H23N5O3S. The Morgan fingerprint density at radius 2 is 1.93 bits per heavy atom. The fraction of sp³-hybridized carbons (Fsp3) is 0.444. The number of hydrogen-bond donors (Lipinski definition) is 0. The van der Waals surface area contributed by atoms with Crippen molar-refractivity contribution in [2.75, 3.05) is 37.0 Å². The molecule has 27 heavy (non-hydrogen) atoms. The van der Waals surface area contributed by atoms with Crippen molar-refractivity contribution in [3.8, 4) is 0 Å². The van der Waals surface area contributed by atoms with Crippen LogP contribution in [0.4, 0.5) is 5.95 Å². The van der Waals surface area contributed by atoms with Gasteiger partial charge in [0.05, 0.1) is 11.5 Å². The lowest BCUT2D eigenvalue weighted by atomic mass is 10.2. The molecule has 1 saturated heterocycles. The van der Waals surface area contributed by atoms with Crippen molar-refractivity contribution in [3.05, 3.63) is 48.0 Å². The molecule has 2 aromatic rings. The summed E-state index contributed by atoms with van der Waals surface area (Å²) in [4.78, 5) is 28.6. The van der Waals surface area contributed by atoms with Crippen LogP contribution in [0.2, 0.25) is 0 Å². The smallest absolute Gasteiger partial charge is 0.272 e. The highest BCUT2D eigenvalue weighted by atomic mass is 32.2. The highest BCUT2D eigenvalue weighted by Gasteiger charge is 2.32. The zero-order valence-electron chi connectivity index (χ0n) is 15.4. The normalized spacial score (nSPS) is 18.2. The van der Waals surface area contributed by atoms with E-state index in [1.807, 2.05) is 12.1 Å². The molecule has 1 aliphatic rings. The van der Waals surface area contributed by atoms with Gasteiger partial charge in [-0.05, 0) is 36.6 Å². The molecule has 0 aliphatic carbocycles. The van der Waals surface area contributed by atoms with Gasteiger partial charge in [-0.15, -0.1) is 0 Å². The molecule has 144 valence electrons. The zero-order chi connectivity index (χ0) is 19.4. The molecule has 9 heteroatoms. The summed E-state index contributed by atoms with van der Waals surface area (Å²) < 4.78 is 23.4. The van der Waals surface area contributed by atoms with Crippen molar-refractivity contribution in [2.45, 2.75) is 18.9 Å². The van der Waals surface area contributed by atoms with E-state index in [1.165, 1.54) is 6.20 Å². The maximum absolute atomic E-state index is 12.7. The Labute approximate surface area is 159 Å². The summed E-state index contributed by atoms with van der Waals surface area (Å²) in [7, 11) is 0.502. The van der Waals surface area contributed by atoms with E-state index in [0.29, 0.717) is 24.6 Å². The van der Waals surface area contributed by atoms with E-state index < -0.39 is 9.84 Å². The molecule has 1 aliphatic heterocycles. The molecule has 0 N–H and O–H groups in total. The van der Waals surface area contributed by atoms with E-state index in [-0.39, 0.29) is 23.5 Å². The molecule has 0 bridgehead atoms. The predicted octanol–water partition coefficient (Wildman–Crippen LogP) is 0.810. The standard InChI is InChI=1S/C18H23N5O3S/c1-22(11-6-14-3-8-19-9-4-14)17(24)16-5-10-20-18(21-16)23(2)15-7-12-27(25,26)13-15/h3-5,8-10,15H,6-7,11-13H2,1-2H3. The first-order valence-corrected chi connectivity index (χ1v) is 10.6. The predicted molar refractivity (Wildman–Crippen MR) is 102 cm³/mol. The first kappa shape index (κ1) is 19.2. The third-order valence-corrected chi connectivity index (χ3v) is 6.52. The lowest BCUT2D eigenvalue weighted by Gasteiger charge is -2.24. The zero-order valence-corrected chi connectivity index (χ0v) is 16.3. The molecule has 8 nitrogen and oxygen atoms in total. The molecule has 0 aromatic carbocycles. The SMILES string of the molecule is CN(CCc1ccncc1)C(=O)c1ccnc(N(C)C2CCS(=O)(=O)C2)n1. The van der Waals surface area contributed by atoms with Gasteiger partial charge in [0.1, 0.15) is 5.69 Å². The van der Waals surface area contributed by atoms with Crippen LogP contribution >= 0.6 is 0 Å². The molecule has 1 fully saturated rings. The number of amides is 1. The van der Waals surface area contributed by atoms with Gasteiger partial charge in [0.2, 0.25) is 5.95 Å². The molecule has 3 heterocycles. The van der Waals surface area contributed by atoms with Gasteiger partial charge in [-0.3, -0.25) is 9.78 Å². The molecular weight excluding hydrogens is 366 g/mol. The maximum Gasteiger partial charge on any atom is 0.272 e. The van der Waals surface area contributed by atoms with E-state index in [1.54, 1.807) is 42.4 Å². The van der Waals surface area contributed by atoms with Crippen molar-refractivity contribution in [2.24, 2.45) is 0 Å². The second-order valence-electron chi connectivity index (χ2n) is 6.74. The number of hydrogen-bond acceptors (Lipinski definition) is 7. The number of aromatic nitrogens is 3. The number of rotatable bonds is 6. The lowest BCUT2D eigenvalue weighted by Crippen LogP contribution is -2.35. The van der Waals surface area contributed by atoms with Gasteiger partial charge >= 0.3 is 0 Å². The third-order valence-electron chi connectivity index (χ3n) is 4.77. The third kappa shape index (κ3) is 4.79. The van der Waals surface area contributed by atoms with Crippen LogP contribution in [0.5, 0.6) is 0 Å². The maximum atomic E-state index is 12.7. The van der Waals surface area contributed by atoms with Crippen LogP contribution < -0.4 is 4.90 Å². The van der Waals surface area contributed by atoms with Crippen LogP contribution in [0.15, 0.2) is 36.8 Å². The number of nitrogens with zero attached hydrogens (tertiary/aromatic N) is 5. The Hall–Kier alpha value is -2.55. The van der Waals surface area contributed by atoms with E-state index in [9.17, 15) is 13.2 Å². The Morgan fingerprint density at radius 1 is 1.19 bits per heavy atom. The summed E-state index contributed by atoms with van der Waals surface area (Å²) in [6.07, 6.45) is 6.26. The molecule has 1 atom stereocenters. The van der Waals surface area contributed by atoms with E-state index in [4.69, 9.17) is 0 Å². The van der Waals surface area contributed by atoms with Crippen molar-refractivity contribution in [1.29, 1.82) is 0 Å². The largest absolute Gasteiger partial charge is 0.340 e. The number of anilines is 1. The first-order chi connectivity index (χ1) is 12.9. The number of carbonyl (C=O) groups excluding carboxylic acids is 1. The summed E-state index contributed by atoms with van der Waals surface area (Å²) in [6, 6.07) is 5.26. The summed E-state index contributed by atoms with van der Waals surface area (Å²) in [5.41, 5.74) is 1.40. The number of sulfone groups is 1. The summed E-state index contributed by atoms with van der Waals surface area (Å²) in [5, 5.41) is 0. The molecule has 0 spiro atoms. The Kier molecular flexibility index (Phi) is 5.69. The second-order valence-corrected chi connectivity index (χ2v) is 8.97. The van der Waals surface area contributed by atoms with Gasteiger partial charge in [0.25, 0.3) is 5.91 Å². The summed E-state index contributed by atoms with van der Waals surface area (Å²) >= 11 is 0. The van der Waals surface area contributed by atoms with Crippen LogP contribution in [0.1, 0.15) is 22.5 Å². The van der Waals surface area contributed by atoms with E-state index in [2.05, 4.69) is 15.0 Å². The van der Waals surface area contributed by atoms with Gasteiger partial charge < -0.3 is 9.80 Å². The number of pyridine rings is 1. The molecule has 1 amide bonds. The topological polar surface area (TPSA) is 96.4 Å². The summed E-state index contributed by atoms with van der Waals surface area (Å²) in [5.74, 6) is 0.445. The Bertz CT molecular complexity index is 904. The highest BCUT2D eigenvalue weighted by molar-refractivity contribution is 7.91. The van der Waals surface area contributed by atoms with Gasteiger partial charge in [-0.25, -0.2) is 18.4 Å². The number of carbonyl (C=O) groups is 1. The monoisotopic (exact) mass is 389 g/mol. The average molecular weight is 389 g/mol. The first-order valence-electron chi connectivity index (χ1n) is 8.76. The fourth-order valence-corrected chi connectivity index (χ4v) is 4.80. The number of likely N-dealkylation sites (N-methyl/N-ethyl adjacent to an activating group) is 1. The molecule has 2 aromatic heterocycles. The van der Waals surface area contributed by atoms with Gasteiger partial charge in [0.15, 0.2) is 9.84 Å². The molecule has 0 saturated carbocycles. The van der Waals surface area contributed by atoms with Crippen LogP contribution in [0.25, 0.3) is 0 Å². The second kappa shape index (κ2) is 7.99. The minimum absolute atomic E-state index is 0.0941. The van der Waals surface area contributed by atoms with Gasteiger partial charge in [0, 0.05) is 45.3 Å². The van der Waals surface area contributed by atoms with E-state index >= 15 is 0 Å². The van der Waals surface area contributed by atoms with Crippen LogP contribution in [0, 0.1) is 0 Å². The van der Waals surface area contributed by atoms with Gasteiger partial charge in [-0.1, -0.05) is 0 Å². The summed E-state index contributed by atoms with van der Waals surface area (Å²) in [6.45, 7) is 0.554. The van der Waals surface area contributed by atoms with Crippen LogP contribution in [0.3, 0.4) is 0 Å². The van der Waals surface area contributed by atoms with Crippen molar-refractivity contribution in [3.63, 3.8) is 0 Å². The highest BCUT2D eigenvalue weighted by Crippen LogP contribution is 2.20. The Balaban J connectivity index is 1.66. The van der Waals surface area contributed by atoms with Crippen molar-refractivity contribution in [1.82, 2.24) is 19.9 Å².